The summed E-state index contributed by atoms with van der Waals surface area (Å²) >= 11 is 0. The normalized spacial score (nSPS) is 11.3. The van der Waals surface area contributed by atoms with Crippen LogP contribution in [0.2, 0.25) is 0 Å². The molecular weight excluding hydrogens is 241 g/mol. The van der Waals surface area contributed by atoms with Crippen molar-refractivity contribution in [1.82, 2.24) is 4.57 Å². The van der Waals surface area contributed by atoms with E-state index in [0.717, 1.165) is 0 Å². The molecule has 0 unspecified atom stereocenters. The molecule has 6 nitrogen and oxygen atoms in total. The van der Waals surface area contributed by atoms with Gasteiger partial charge in [0.25, 0.3) is 5.56 Å². The van der Waals surface area contributed by atoms with E-state index in [4.69, 9.17) is 11.5 Å². The van der Waals surface area contributed by atoms with Gasteiger partial charge in [-0.25, -0.2) is 4.79 Å². The number of alkyl halides is 3. The van der Waals surface area contributed by atoms with Crippen LogP contribution in [0.25, 0.3) is 0 Å². The number of pyridine rings is 1. The van der Waals surface area contributed by atoms with Gasteiger partial charge in [-0.1, -0.05) is 0 Å². The van der Waals surface area contributed by atoms with E-state index >= 15 is 0 Å². The number of carbonyl (C=O) groups excluding carboxylic acids is 1. The Morgan fingerprint density at radius 1 is 1.47 bits per heavy atom. The number of halogens is 3. The third kappa shape index (κ3) is 2.97. The van der Waals surface area contributed by atoms with E-state index in [-0.39, 0.29) is 0 Å². The number of amides is 2. The number of nitrogens with one attached hydrogen (secondary N) is 1. The maximum Gasteiger partial charge on any atom is 0.417 e. The summed E-state index contributed by atoms with van der Waals surface area (Å²) < 4.78 is 38.0. The van der Waals surface area contributed by atoms with Gasteiger partial charge >= 0.3 is 12.2 Å². The van der Waals surface area contributed by atoms with E-state index in [1.165, 1.54) is 0 Å². The first-order valence-electron chi connectivity index (χ1n) is 4.34. The van der Waals surface area contributed by atoms with Gasteiger partial charge < -0.3 is 21.4 Å². The molecule has 0 radical (unpaired) electrons. The van der Waals surface area contributed by atoms with Crippen molar-refractivity contribution in [2.24, 2.45) is 11.5 Å². The van der Waals surface area contributed by atoms with E-state index < -0.39 is 35.7 Å². The number of carbonyl (C=O) groups is 1. The maximum atomic E-state index is 12.5. The van der Waals surface area contributed by atoms with Gasteiger partial charge in [0.15, 0.2) is 0 Å². The van der Waals surface area contributed by atoms with Gasteiger partial charge in [-0.3, -0.25) is 4.79 Å². The first-order valence-corrected chi connectivity index (χ1v) is 4.34. The molecule has 2 amide bonds. The average molecular weight is 250 g/mol. The van der Waals surface area contributed by atoms with Crippen LogP contribution in [0.15, 0.2) is 17.1 Å². The third-order valence-corrected chi connectivity index (χ3v) is 1.87. The topological polar surface area (TPSA) is 103 Å². The molecule has 17 heavy (non-hydrogen) atoms. The van der Waals surface area contributed by atoms with Gasteiger partial charge in [0.05, 0.1) is 12.2 Å². The lowest BCUT2D eigenvalue weighted by Gasteiger charge is -2.12. The summed E-state index contributed by atoms with van der Waals surface area (Å²) in [5.74, 6) is 0. The van der Waals surface area contributed by atoms with Gasteiger partial charge in [0, 0.05) is 6.20 Å². The van der Waals surface area contributed by atoms with Crippen molar-refractivity contribution in [2.45, 2.75) is 12.8 Å². The molecule has 0 atom stereocenters. The number of nitrogens with two attached hydrogens (primary N) is 2. The van der Waals surface area contributed by atoms with Crippen LogP contribution in [0.4, 0.5) is 23.7 Å². The molecule has 0 aromatic carbocycles. The van der Waals surface area contributed by atoms with Crippen LogP contribution >= 0.6 is 0 Å². The minimum absolute atomic E-state index is 0.448. The van der Waals surface area contributed by atoms with Crippen LogP contribution < -0.4 is 22.3 Å². The Bertz CT molecular complexity index is 495. The zero-order valence-corrected chi connectivity index (χ0v) is 8.41. The number of rotatable bonds is 2. The molecule has 0 saturated heterocycles. The minimum atomic E-state index is -4.65. The second-order valence-corrected chi connectivity index (χ2v) is 3.09. The Kier molecular flexibility index (Phi) is 3.42. The van der Waals surface area contributed by atoms with Crippen molar-refractivity contribution < 1.29 is 18.0 Å². The van der Waals surface area contributed by atoms with E-state index in [1.54, 1.807) is 0 Å². The summed E-state index contributed by atoms with van der Waals surface area (Å²) in [6.07, 6.45) is -4.09. The second kappa shape index (κ2) is 4.45. The summed E-state index contributed by atoms with van der Waals surface area (Å²) in [6, 6.07) is -0.635. The zero-order valence-electron chi connectivity index (χ0n) is 8.41. The molecule has 1 heterocycles. The molecule has 0 bridgehead atoms. The van der Waals surface area contributed by atoms with Crippen LogP contribution in [0.1, 0.15) is 5.56 Å². The number of primary amides is 1. The first-order chi connectivity index (χ1) is 7.75. The van der Waals surface area contributed by atoms with Crippen LogP contribution in [0.3, 0.4) is 0 Å². The fourth-order valence-electron chi connectivity index (χ4n) is 1.15. The summed E-state index contributed by atoms with van der Waals surface area (Å²) in [6.45, 7) is -0.448. The Morgan fingerprint density at radius 3 is 2.47 bits per heavy atom. The third-order valence-electron chi connectivity index (χ3n) is 1.87. The fraction of sp³-hybridized carbons (Fsp3) is 0.250. The number of hydrogen-bond donors (Lipinski definition) is 3. The quantitative estimate of drug-likeness (QED) is 0.702. The van der Waals surface area contributed by atoms with Gasteiger partial charge in [0.2, 0.25) is 0 Å². The summed E-state index contributed by atoms with van der Waals surface area (Å²) in [7, 11) is 0. The van der Waals surface area contributed by atoms with Gasteiger partial charge in [-0.15, -0.1) is 0 Å². The summed E-state index contributed by atoms with van der Waals surface area (Å²) in [4.78, 5) is 22.0. The smallest absolute Gasteiger partial charge is 0.351 e. The van der Waals surface area contributed by atoms with Crippen molar-refractivity contribution in [3.63, 3.8) is 0 Å². The van der Waals surface area contributed by atoms with Crippen molar-refractivity contribution in [3.8, 4) is 0 Å². The Hall–Kier alpha value is -2.03. The second-order valence-electron chi connectivity index (χ2n) is 3.09. The molecule has 0 aliphatic carbocycles. The molecule has 1 aromatic heterocycles. The van der Waals surface area contributed by atoms with Crippen LogP contribution in [0, 0.1) is 0 Å². The molecule has 0 aliphatic heterocycles. The average Bonchev–Trinajstić information content (AvgIpc) is 2.18. The van der Waals surface area contributed by atoms with Crippen LogP contribution in [0.5, 0.6) is 0 Å². The highest BCUT2D eigenvalue weighted by Crippen LogP contribution is 2.29. The van der Waals surface area contributed by atoms with Gasteiger partial charge in [0.1, 0.15) is 5.69 Å². The van der Waals surface area contributed by atoms with Gasteiger partial charge in [-0.05, 0) is 6.07 Å². The lowest BCUT2D eigenvalue weighted by Crippen LogP contribution is -2.31. The molecule has 0 saturated carbocycles. The predicted octanol–water partition coefficient (Wildman–Crippen LogP) is 0.274. The SMILES string of the molecule is NCn1cc(C(F)(F)F)cc(NC(N)=O)c1=O. The van der Waals surface area contributed by atoms with Crippen molar-refractivity contribution in [2.75, 3.05) is 5.32 Å². The standard InChI is InChI=1S/C8H9F3N4O2/c9-8(10,11)4-1-5(14-7(13)17)6(16)15(2-4)3-12/h1-2H,3,12H2,(H3,13,14,17). The van der Waals surface area contributed by atoms with E-state index in [9.17, 15) is 22.8 Å². The predicted molar refractivity (Wildman–Crippen MR) is 53.1 cm³/mol. The maximum absolute atomic E-state index is 12.5. The molecule has 5 N–H and O–H groups in total. The number of nitrogens with zero attached hydrogens (tertiary/aromatic N) is 1. The van der Waals surface area contributed by atoms with Crippen LogP contribution in [-0.2, 0) is 12.8 Å². The molecule has 1 rings (SSSR count). The van der Waals surface area contributed by atoms with E-state index in [2.05, 4.69) is 0 Å². The highest BCUT2D eigenvalue weighted by molar-refractivity contribution is 5.87. The van der Waals surface area contributed by atoms with Crippen LogP contribution in [-0.4, -0.2) is 10.6 Å². The summed E-state index contributed by atoms with van der Waals surface area (Å²) in [5, 5.41) is 1.81. The van der Waals surface area contributed by atoms with Crippen molar-refractivity contribution >= 4 is 11.7 Å². The van der Waals surface area contributed by atoms with Crippen molar-refractivity contribution in [3.05, 3.63) is 28.2 Å². The molecule has 94 valence electrons. The first kappa shape index (κ1) is 13.0. The number of urea groups is 1. The van der Waals surface area contributed by atoms with Crippen molar-refractivity contribution in [1.29, 1.82) is 0 Å². The van der Waals surface area contributed by atoms with Gasteiger partial charge in [-0.2, -0.15) is 13.2 Å². The molecule has 9 heteroatoms. The number of hydrogen-bond acceptors (Lipinski definition) is 3. The molecule has 0 spiro atoms. The number of aromatic nitrogens is 1. The summed E-state index contributed by atoms with van der Waals surface area (Å²) in [5.41, 5.74) is 7.31. The Balaban J connectivity index is 3.39. The highest BCUT2D eigenvalue weighted by atomic mass is 19.4. The zero-order chi connectivity index (χ0) is 13.2. The van der Waals surface area contributed by atoms with E-state index in [0.29, 0.717) is 16.8 Å². The minimum Gasteiger partial charge on any atom is -0.351 e. The molecule has 1 aromatic rings. The monoisotopic (exact) mass is 250 g/mol. The van der Waals surface area contributed by atoms with E-state index in [1.807, 2.05) is 5.32 Å². The molecular formula is C8H9F3N4O2. The fourth-order valence-corrected chi connectivity index (χ4v) is 1.15. The molecule has 0 aliphatic rings. The number of anilines is 1. The largest absolute Gasteiger partial charge is 0.417 e. The Morgan fingerprint density at radius 2 is 2.06 bits per heavy atom. The lowest BCUT2D eigenvalue weighted by molar-refractivity contribution is -0.138. The Labute approximate surface area is 93.0 Å². The lowest BCUT2D eigenvalue weighted by atomic mass is 10.2. The molecule has 0 fully saturated rings. The highest BCUT2D eigenvalue weighted by Gasteiger charge is 2.32.